The fraction of sp³-hybridized carbons (Fsp3) is 0.273. The highest BCUT2D eigenvalue weighted by Gasteiger charge is 2.01. The van der Waals surface area contributed by atoms with Gasteiger partial charge in [0.25, 0.3) is 0 Å². The highest BCUT2D eigenvalue weighted by atomic mass is 14.9. The molecule has 2 rings (SSSR count). The quantitative estimate of drug-likeness (QED) is 0.682. The van der Waals surface area contributed by atoms with Gasteiger partial charge in [0.1, 0.15) is 0 Å². The van der Waals surface area contributed by atoms with Crippen molar-refractivity contribution < 1.29 is 0 Å². The van der Waals surface area contributed by atoms with Gasteiger partial charge in [-0.1, -0.05) is 13.8 Å². The number of nitrogens with zero attached hydrogens (tertiary/aromatic N) is 2. The van der Waals surface area contributed by atoms with Crippen molar-refractivity contribution in [3.8, 4) is 0 Å². The molecule has 0 bridgehead atoms. The van der Waals surface area contributed by atoms with Crippen molar-refractivity contribution in [2.45, 2.75) is 20.3 Å². The summed E-state index contributed by atoms with van der Waals surface area (Å²) in [6, 6.07) is 2.18. The Morgan fingerprint density at radius 3 is 3.00 bits per heavy atom. The van der Waals surface area contributed by atoms with E-state index in [0.29, 0.717) is 0 Å². The van der Waals surface area contributed by atoms with E-state index in [4.69, 9.17) is 0 Å². The third-order valence-corrected chi connectivity index (χ3v) is 2.01. The van der Waals surface area contributed by atoms with Crippen molar-refractivity contribution in [1.29, 1.82) is 0 Å². The zero-order valence-corrected chi connectivity index (χ0v) is 7.99. The minimum atomic E-state index is 1.06. The number of aromatic nitrogens is 2. The topological polar surface area (TPSA) is 17.3 Å². The summed E-state index contributed by atoms with van der Waals surface area (Å²) in [7, 11) is 0. The SMILES string of the molecule is C[C](C)Cc1cc2cnccn2c1. The molecule has 0 saturated carbocycles. The van der Waals surface area contributed by atoms with Gasteiger partial charge in [-0.3, -0.25) is 4.98 Å². The average molecular weight is 173 g/mol. The smallest absolute Gasteiger partial charge is 0.0636 e. The van der Waals surface area contributed by atoms with E-state index in [0.717, 1.165) is 6.42 Å². The minimum Gasteiger partial charge on any atom is -0.321 e. The normalized spacial score (nSPS) is 11.3. The Bertz CT molecular complexity index is 368. The van der Waals surface area contributed by atoms with Gasteiger partial charge in [-0.25, -0.2) is 0 Å². The summed E-state index contributed by atoms with van der Waals surface area (Å²) in [5, 5.41) is 0. The van der Waals surface area contributed by atoms with Crippen LogP contribution in [0.4, 0.5) is 0 Å². The first-order chi connectivity index (χ1) is 6.25. The first-order valence-electron chi connectivity index (χ1n) is 4.45. The molecular weight excluding hydrogens is 160 g/mol. The predicted octanol–water partition coefficient (Wildman–Crippen LogP) is 2.49. The van der Waals surface area contributed by atoms with Crippen molar-refractivity contribution in [2.24, 2.45) is 0 Å². The molecule has 0 aromatic carbocycles. The molecular formula is C11H13N2. The summed E-state index contributed by atoms with van der Waals surface area (Å²) in [6.07, 6.45) is 8.88. The molecule has 0 spiro atoms. The fourth-order valence-corrected chi connectivity index (χ4v) is 1.52. The van der Waals surface area contributed by atoms with Gasteiger partial charge in [0, 0.05) is 18.6 Å². The Morgan fingerprint density at radius 2 is 2.31 bits per heavy atom. The summed E-state index contributed by atoms with van der Waals surface area (Å²) >= 11 is 0. The lowest BCUT2D eigenvalue weighted by Crippen LogP contribution is -1.88. The molecule has 0 fully saturated rings. The minimum absolute atomic E-state index is 1.06. The van der Waals surface area contributed by atoms with Crippen LogP contribution in [0.5, 0.6) is 0 Å². The van der Waals surface area contributed by atoms with E-state index < -0.39 is 0 Å². The molecule has 2 nitrogen and oxygen atoms in total. The van der Waals surface area contributed by atoms with Crippen LogP contribution < -0.4 is 0 Å². The largest absolute Gasteiger partial charge is 0.321 e. The summed E-state index contributed by atoms with van der Waals surface area (Å²) in [5.74, 6) is 1.43. The molecule has 0 atom stereocenters. The Kier molecular flexibility index (Phi) is 2.05. The fourth-order valence-electron chi connectivity index (χ4n) is 1.52. The lowest BCUT2D eigenvalue weighted by molar-refractivity contribution is 0.954. The second kappa shape index (κ2) is 3.21. The van der Waals surface area contributed by atoms with E-state index in [1.54, 1.807) is 6.20 Å². The van der Waals surface area contributed by atoms with Crippen LogP contribution in [-0.2, 0) is 6.42 Å². The van der Waals surface area contributed by atoms with E-state index in [2.05, 4.69) is 35.5 Å². The summed E-state index contributed by atoms with van der Waals surface area (Å²) in [4.78, 5) is 4.08. The van der Waals surface area contributed by atoms with Gasteiger partial charge in [-0.15, -0.1) is 0 Å². The lowest BCUT2D eigenvalue weighted by atomic mass is 10.1. The van der Waals surface area contributed by atoms with Crippen LogP contribution in [-0.4, -0.2) is 9.38 Å². The third-order valence-electron chi connectivity index (χ3n) is 2.01. The molecule has 0 unspecified atom stereocenters. The van der Waals surface area contributed by atoms with E-state index in [1.807, 2.05) is 12.4 Å². The van der Waals surface area contributed by atoms with Gasteiger partial charge < -0.3 is 4.40 Å². The molecule has 0 aliphatic carbocycles. The molecule has 0 amide bonds. The number of hydrogen-bond donors (Lipinski definition) is 0. The van der Waals surface area contributed by atoms with Crippen LogP contribution in [0, 0.1) is 5.92 Å². The van der Waals surface area contributed by atoms with Crippen molar-refractivity contribution in [2.75, 3.05) is 0 Å². The average Bonchev–Trinajstić information content (AvgIpc) is 2.44. The molecule has 0 N–H and O–H groups in total. The van der Waals surface area contributed by atoms with Gasteiger partial charge in [0.2, 0.25) is 0 Å². The molecule has 1 radical (unpaired) electrons. The van der Waals surface area contributed by atoms with Crippen molar-refractivity contribution in [1.82, 2.24) is 9.38 Å². The first-order valence-corrected chi connectivity index (χ1v) is 4.45. The lowest BCUT2D eigenvalue weighted by Gasteiger charge is -1.98. The zero-order valence-electron chi connectivity index (χ0n) is 7.99. The molecule has 2 heterocycles. The third kappa shape index (κ3) is 1.72. The van der Waals surface area contributed by atoms with Crippen molar-refractivity contribution in [3.05, 3.63) is 42.3 Å². The molecule has 2 aromatic rings. The van der Waals surface area contributed by atoms with Crippen LogP contribution in [0.3, 0.4) is 0 Å². The van der Waals surface area contributed by atoms with Crippen LogP contribution in [0.15, 0.2) is 30.9 Å². The van der Waals surface area contributed by atoms with Crippen LogP contribution in [0.1, 0.15) is 19.4 Å². The standard InChI is InChI=1S/C11H13N2/c1-9(2)5-10-6-11-7-12-3-4-13(11)8-10/h3-4,6-8H,5H2,1-2H3. The second-order valence-electron chi connectivity index (χ2n) is 3.64. The Hall–Kier alpha value is -1.31. The van der Waals surface area contributed by atoms with Gasteiger partial charge in [-0.2, -0.15) is 0 Å². The number of rotatable bonds is 2. The van der Waals surface area contributed by atoms with Gasteiger partial charge in [0.05, 0.1) is 11.7 Å². The van der Waals surface area contributed by atoms with Crippen LogP contribution >= 0.6 is 0 Å². The predicted molar refractivity (Wildman–Crippen MR) is 53.5 cm³/mol. The number of hydrogen-bond acceptors (Lipinski definition) is 1. The van der Waals surface area contributed by atoms with E-state index in [1.165, 1.54) is 17.0 Å². The monoisotopic (exact) mass is 173 g/mol. The Labute approximate surface area is 78.2 Å². The van der Waals surface area contributed by atoms with Gasteiger partial charge >= 0.3 is 0 Å². The summed E-state index contributed by atoms with van der Waals surface area (Å²) in [5.41, 5.74) is 2.52. The van der Waals surface area contributed by atoms with Crippen molar-refractivity contribution in [3.63, 3.8) is 0 Å². The number of fused-ring (bicyclic) bond motifs is 1. The molecule has 0 aliphatic rings. The van der Waals surface area contributed by atoms with Gasteiger partial charge in [0.15, 0.2) is 0 Å². The maximum atomic E-state index is 4.08. The Morgan fingerprint density at radius 1 is 1.46 bits per heavy atom. The zero-order chi connectivity index (χ0) is 9.26. The van der Waals surface area contributed by atoms with E-state index in [9.17, 15) is 0 Å². The van der Waals surface area contributed by atoms with Gasteiger partial charge in [-0.05, 0) is 24.0 Å². The van der Waals surface area contributed by atoms with Crippen LogP contribution in [0.2, 0.25) is 0 Å². The molecule has 0 saturated heterocycles. The highest BCUT2D eigenvalue weighted by Crippen LogP contribution is 2.13. The maximum absolute atomic E-state index is 4.08. The second-order valence-corrected chi connectivity index (χ2v) is 3.64. The van der Waals surface area contributed by atoms with Crippen LogP contribution in [0.25, 0.3) is 5.52 Å². The molecule has 2 heteroatoms. The van der Waals surface area contributed by atoms with Crippen molar-refractivity contribution >= 4 is 5.52 Å². The Balaban J connectivity index is 2.38. The molecule has 2 aromatic heterocycles. The molecule has 67 valence electrons. The van der Waals surface area contributed by atoms with E-state index >= 15 is 0 Å². The maximum Gasteiger partial charge on any atom is 0.0636 e. The highest BCUT2D eigenvalue weighted by molar-refractivity contribution is 5.48. The molecule has 0 aliphatic heterocycles. The first kappa shape index (κ1) is 8.30. The van der Waals surface area contributed by atoms with E-state index in [-0.39, 0.29) is 0 Å². The summed E-state index contributed by atoms with van der Waals surface area (Å²) in [6.45, 7) is 4.31. The molecule has 13 heavy (non-hydrogen) atoms. The summed E-state index contributed by atoms with van der Waals surface area (Å²) < 4.78 is 2.10.